The molecule has 0 saturated heterocycles. The van der Waals surface area contributed by atoms with Crippen molar-refractivity contribution in [2.24, 2.45) is 5.14 Å². The van der Waals surface area contributed by atoms with Gasteiger partial charge in [-0.3, -0.25) is 0 Å². The van der Waals surface area contributed by atoms with Gasteiger partial charge in [-0.15, -0.1) is 0 Å². The molecule has 1 aromatic heterocycles. The van der Waals surface area contributed by atoms with Crippen LogP contribution in [-0.2, 0) is 16.4 Å². The molecule has 0 radical (unpaired) electrons. The number of fused-ring (bicyclic) bond motifs is 1. The molecule has 0 aliphatic heterocycles. The molecule has 2 aromatic carbocycles. The molecule has 31 heavy (non-hydrogen) atoms. The Morgan fingerprint density at radius 3 is 2.03 bits per heavy atom. The topological polar surface area (TPSA) is 76.0 Å². The third-order valence-corrected chi connectivity index (χ3v) is 7.24. The van der Waals surface area contributed by atoms with Crippen LogP contribution in [0.5, 0.6) is 0 Å². The van der Waals surface area contributed by atoms with E-state index in [0.717, 1.165) is 28.6 Å². The van der Waals surface area contributed by atoms with Gasteiger partial charge in [0.2, 0.25) is 10.0 Å². The predicted molar refractivity (Wildman–Crippen MR) is 130 cm³/mol. The number of nitrogens with two attached hydrogens (primary N) is 1. The quantitative estimate of drug-likeness (QED) is 0.438. The van der Waals surface area contributed by atoms with Gasteiger partial charge in [-0.2, -0.15) is 0 Å². The van der Waals surface area contributed by atoms with Crippen LogP contribution in [0.15, 0.2) is 41.4 Å². The molecule has 1 atom stereocenters. The minimum Gasteiger partial charge on any atom is -0.361 e. The van der Waals surface area contributed by atoms with Crippen molar-refractivity contribution in [1.29, 1.82) is 0 Å². The van der Waals surface area contributed by atoms with Crippen molar-refractivity contribution >= 4 is 20.9 Å². The summed E-state index contributed by atoms with van der Waals surface area (Å²) in [7, 11) is -3.86. The molecular weight excluding hydrogens is 404 g/mol. The Labute approximate surface area is 187 Å². The highest BCUT2D eigenvalue weighted by Gasteiger charge is 2.30. The van der Waals surface area contributed by atoms with E-state index in [9.17, 15) is 8.42 Å². The van der Waals surface area contributed by atoms with E-state index in [1.807, 2.05) is 19.9 Å². The summed E-state index contributed by atoms with van der Waals surface area (Å²) >= 11 is 0. The SMILES string of the molecule is CC(C)c1cc(C(C)C)c(S(N)(=O)=O)c(C(C)C)c1C(C)Cc1c[nH]c2ccccc12. The minimum absolute atomic E-state index is 0.0462. The molecule has 0 amide bonds. The van der Waals surface area contributed by atoms with E-state index in [0.29, 0.717) is 4.90 Å². The van der Waals surface area contributed by atoms with Crippen LogP contribution < -0.4 is 5.14 Å². The molecule has 0 aliphatic carbocycles. The number of para-hydroxylation sites is 1. The second-order valence-electron chi connectivity index (χ2n) is 9.69. The normalized spacial score (nSPS) is 13.6. The van der Waals surface area contributed by atoms with Crippen molar-refractivity contribution in [2.75, 3.05) is 0 Å². The van der Waals surface area contributed by atoms with E-state index in [-0.39, 0.29) is 23.7 Å². The van der Waals surface area contributed by atoms with Gasteiger partial charge in [0, 0.05) is 17.1 Å². The number of primary sulfonamides is 1. The highest BCUT2D eigenvalue weighted by Crippen LogP contribution is 2.42. The Bertz CT molecular complexity index is 1190. The first-order valence-corrected chi connectivity index (χ1v) is 12.8. The Balaban J connectivity index is 2.28. The Kier molecular flexibility index (Phi) is 6.68. The van der Waals surface area contributed by atoms with Crippen molar-refractivity contribution < 1.29 is 8.42 Å². The van der Waals surface area contributed by atoms with Gasteiger partial charge in [0.1, 0.15) is 0 Å². The van der Waals surface area contributed by atoms with Gasteiger partial charge >= 0.3 is 0 Å². The third kappa shape index (κ3) is 4.58. The van der Waals surface area contributed by atoms with E-state index in [4.69, 9.17) is 5.14 Å². The van der Waals surface area contributed by atoms with E-state index in [1.165, 1.54) is 16.5 Å². The molecule has 5 heteroatoms. The number of nitrogens with one attached hydrogen (secondary N) is 1. The number of aromatic amines is 1. The maximum atomic E-state index is 12.8. The van der Waals surface area contributed by atoms with Gasteiger partial charge < -0.3 is 4.98 Å². The molecule has 0 aliphatic rings. The number of benzene rings is 2. The molecule has 1 heterocycles. The smallest absolute Gasteiger partial charge is 0.238 e. The summed E-state index contributed by atoms with van der Waals surface area (Å²) in [6.07, 6.45) is 2.91. The Morgan fingerprint density at radius 1 is 0.871 bits per heavy atom. The second kappa shape index (κ2) is 8.79. The lowest BCUT2D eigenvalue weighted by atomic mass is 9.78. The third-order valence-electron chi connectivity index (χ3n) is 6.22. The van der Waals surface area contributed by atoms with Gasteiger partial charge in [-0.1, -0.05) is 72.7 Å². The molecule has 168 valence electrons. The van der Waals surface area contributed by atoms with Gasteiger partial charge in [0.25, 0.3) is 0 Å². The van der Waals surface area contributed by atoms with Crippen LogP contribution in [0.1, 0.15) is 100.0 Å². The van der Waals surface area contributed by atoms with Crippen LogP contribution in [0.3, 0.4) is 0 Å². The van der Waals surface area contributed by atoms with E-state index >= 15 is 0 Å². The highest BCUT2D eigenvalue weighted by molar-refractivity contribution is 7.89. The fraction of sp³-hybridized carbons (Fsp3) is 0.462. The molecule has 3 rings (SSSR count). The van der Waals surface area contributed by atoms with Gasteiger partial charge in [0.05, 0.1) is 4.90 Å². The largest absolute Gasteiger partial charge is 0.361 e. The zero-order valence-electron chi connectivity index (χ0n) is 19.8. The minimum atomic E-state index is -3.86. The van der Waals surface area contributed by atoms with Crippen molar-refractivity contribution in [2.45, 2.75) is 83.5 Å². The summed E-state index contributed by atoms with van der Waals surface area (Å²) in [6, 6.07) is 10.4. The number of hydrogen-bond donors (Lipinski definition) is 2. The summed E-state index contributed by atoms with van der Waals surface area (Å²) in [6.45, 7) is 14.8. The lowest BCUT2D eigenvalue weighted by Crippen LogP contribution is -2.22. The summed E-state index contributed by atoms with van der Waals surface area (Å²) in [5, 5.41) is 7.03. The maximum Gasteiger partial charge on any atom is 0.238 e. The fourth-order valence-electron chi connectivity index (χ4n) is 4.82. The van der Waals surface area contributed by atoms with Crippen molar-refractivity contribution in [1.82, 2.24) is 4.98 Å². The van der Waals surface area contributed by atoms with Crippen LogP contribution in [-0.4, -0.2) is 13.4 Å². The fourth-order valence-corrected chi connectivity index (χ4v) is 6.10. The molecule has 1 unspecified atom stereocenters. The Morgan fingerprint density at radius 2 is 1.48 bits per heavy atom. The second-order valence-corrected chi connectivity index (χ2v) is 11.2. The zero-order valence-corrected chi connectivity index (χ0v) is 20.6. The van der Waals surface area contributed by atoms with Crippen molar-refractivity contribution in [3.63, 3.8) is 0 Å². The number of aromatic nitrogens is 1. The van der Waals surface area contributed by atoms with E-state index in [1.54, 1.807) is 0 Å². The van der Waals surface area contributed by atoms with E-state index in [2.05, 4.69) is 70.1 Å². The van der Waals surface area contributed by atoms with Crippen LogP contribution in [0, 0.1) is 0 Å². The summed E-state index contributed by atoms with van der Waals surface area (Å²) in [5.74, 6) is 0.548. The van der Waals surface area contributed by atoms with Gasteiger partial charge in [-0.05, 0) is 64.0 Å². The first-order valence-electron chi connectivity index (χ1n) is 11.2. The van der Waals surface area contributed by atoms with E-state index < -0.39 is 10.0 Å². The molecular formula is C26H36N2O2S. The van der Waals surface area contributed by atoms with Crippen molar-refractivity contribution in [3.05, 3.63) is 64.3 Å². The molecule has 0 spiro atoms. The maximum absolute atomic E-state index is 12.8. The van der Waals surface area contributed by atoms with Crippen molar-refractivity contribution in [3.8, 4) is 0 Å². The molecule has 0 bridgehead atoms. The van der Waals surface area contributed by atoms with Gasteiger partial charge in [0.15, 0.2) is 0 Å². The first kappa shape index (κ1) is 23.6. The van der Waals surface area contributed by atoms with Crippen LogP contribution >= 0.6 is 0 Å². The van der Waals surface area contributed by atoms with Crippen LogP contribution in [0.4, 0.5) is 0 Å². The molecule has 3 aromatic rings. The summed E-state index contributed by atoms with van der Waals surface area (Å²) < 4.78 is 25.6. The Hall–Kier alpha value is -2.11. The van der Waals surface area contributed by atoms with Crippen LogP contribution in [0.25, 0.3) is 10.9 Å². The summed E-state index contributed by atoms with van der Waals surface area (Å²) in [5.41, 5.74) is 6.47. The average Bonchev–Trinajstić information content (AvgIpc) is 3.08. The zero-order chi connectivity index (χ0) is 23.1. The lowest BCUT2D eigenvalue weighted by molar-refractivity contribution is 0.589. The number of hydrogen-bond acceptors (Lipinski definition) is 2. The monoisotopic (exact) mass is 440 g/mol. The predicted octanol–water partition coefficient (Wildman–Crippen LogP) is 6.53. The summed E-state index contributed by atoms with van der Waals surface area (Å²) in [4.78, 5) is 3.70. The number of H-pyrrole nitrogens is 1. The van der Waals surface area contributed by atoms with Gasteiger partial charge in [-0.25, -0.2) is 13.6 Å². The highest BCUT2D eigenvalue weighted by atomic mass is 32.2. The van der Waals surface area contributed by atoms with Crippen LogP contribution in [0.2, 0.25) is 0 Å². The molecule has 0 fully saturated rings. The molecule has 0 saturated carbocycles. The standard InChI is InChI=1S/C26H36N2O2S/c1-15(2)21-13-22(16(3)4)26(31(27,29)30)24(17(5)6)25(21)18(7)12-19-14-28-23-11-9-8-10-20(19)23/h8-11,13-18,28H,12H2,1-7H3,(H2,27,29,30). The number of rotatable bonds is 7. The number of sulfonamides is 1. The molecule has 4 nitrogen and oxygen atoms in total. The lowest BCUT2D eigenvalue weighted by Gasteiger charge is -2.29. The molecule has 3 N–H and O–H groups in total. The first-order chi connectivity index (χ1) is 14.4. The average molecular weight is 441 g/mol.